The fourth-order valence-electron chi connectivity index (χ4n) is 3.10. The summed E-state index contributed by atoms with van der Waals surface area (Å²) in [5.41, 5.74) is 1.86. The Bertz CT molecular complexity index is 775. The summed E-state index contributed by atoms with van der Waals surface area (Å²) in [7, 11) is -2.92. The van der Waals surface area contributed by atoms with Crippen molar-refractivity contribution in [2.24, 2.45) is 4.99 Å². The summed E-state index contributed by atoms with van der Waals surface area (Å²) in [6, 6.07) is 7.59. The molecule has 142 valence electrons. The summed E-state index contributed by atoms with van der Waals surface area (Å²) in [4.78, 5) is 16.4. The van der Waals surface area contributed by atoms with Crippen molar-refractivity contribution >= 4 is 38.4 Å². The minimum Gasteiger partial charge on any atom is -0.356 e. The number of anilines is 1. The number of hydrogen-bond acceptors (Lipinski definition) is 6. The van der Waals surface area contributed by atoms with Gasteiger partial charge in [0.2, 0.25) is 5.91 Å². The van der Waals surface area contributed by atoms with E-state index in [2.05, 4.69) is 22.5 Å². The first-order valence-electron chi connectivity index (χ1n) is 9.03. The lowest BCUT2D eigenvalue weighted by atomic mass is 10.1. The molecule has 0 radical (unpaired) electrons. The molecule has 1 aromatic carbocycles. The minimum atomic E-state index is -2.92. The van der Waals surface area contributed by atoms with Gasteiger partial charge in [-0.25, -0.2) is 8.42 Å². The number of amidine groups is 1. The van der Waals surface area contributed by atoms with E-state index in [1.165, 1.54) is 11.8 Å². The maximum absolute atomic E-state index is 11.9. The number of rotatable bonds is 7. The highest BCUT2D eigenvalue weighted by Crippen LogP contribution is 2.34. The smallest absolute Gasteiger partial charge is 0.224 e. The molecule has 6 nitrogen and oxygen atoms in total. The van der Waals surface area contributed by atoms with Gasteiger partial charge >= 0.3 is 0 Å². The zero-order valence-electron chi connectivity index (χ0n) is 14.9. The molecular weight excluding hydrogens is 370 g/mol. The summed E-state index contributed by atoms with van der Waals surface area (Å²) in [6.07, 6.45) is 3.68. The molecular formula is C18H25N3O3S2. The molecule has 26 heavy (non-hydrogen) atoms. The maximum atomic E-state index is 11.9. The topological polar surface area (TPSA) is 87.6 Å². The second-order valence-corrected chi connectivity index (χ2v) is 10.2. The number of amides is 1. The third kappa shape index (κ3) is 5.23. The fourth-order valence-corrected chi connectivity index (χ4v) is 6.77. The number of thioether (sulfide) groups is 1. The SMILES string of the molecule is CCCCCNC(=O)Cc1ccc(NC2=N[C@@H]3CS(=O)(=O)C[C@@H]3S2)cc1. The Kier molecular flexibility index (Phi) is 6.24. The van der Waals surface area contributed by atoms with E-state index in [0.717, 1.165) is 42.2 Å². The number of sulfone groups is 1. The highest BCUT2D eigenvalue weighted by Gasteiger charge is 2.42. The van der Waals surface area contributed by atoms with Crippen LogP contribution in [0.1, 0.15) is 31.7 Å². The van der Waals surface area contributed by atoms with Gasteiger partial charge in [-0.2, -0.15) is 0 Å². The van der Waals surface area contributed by atoms with Gasteiger partial charge in [0.05, 0.1) is 24.0 Å². The Balaban J connectivity index is 1.47. The predicted octanol–water partition coefficient (Wildman–Crippen LogP) is 2.22. The van der Waals surface area contributed by atoms with Gasteiger partial charge in [-0.15, -0.1) is 0 Å². The number of carbonyl (C=O) groups excluding carboxylic acids is 1. The first kappa shape index (κ1) is 19.2. The molecule has 0 unspecified atom stereocenters. The van der Waals surface area contributed by atoms with E-state index in [0.29, 0.717) is 6.42 Å². The maximum Gasteiger partial charge on any atom is 0.224 e. The van der Waals surface area contributed by atoms with Crippen LogP contribution in [0, 0.1) is 0 Å². The van der Waals surface area contributed by atoms with Gasteiger partial charge in [-0.3, -0.25) is 9.79 Å². The van der Waals surface area contributed by atoms with Gasteiger partial charge in [0, 0.05) is 17.5 Å². The Morgan fingerprint density at radius 3 is 2.69 bits per heavy atom. The monoisotopic (exact) mass is 395 g/mol. The van der Waals surface area contributed by atoms with Crippen molar-refractivity contribution in [1.82, 2.24) is 5.32 Å². The van der Waals surface area contributed by atoms with Crippen LogP contribution in [0.15, 0.2) is 29.3 Å². The highest BCUT2D eigenvalue weighted by atomic mass is 32.2. The number of carbonyl (C=O) groups is 1. The summed E-state index contributed by atoms with van der Waals surface area (Å²) in [6.45, 7) is 2.88. The molecule has 8 heteroatoms. The Morgan fingerprint density at radius 1 is 1.23 bits per heavy atom. The molecule has 2 aliphatic rings. The lowest BCUT2D eigenvalue weighted by Gasteiger charge is -2.08. The molecule has 2 aliphatic heterocycles. The first-order valence-corrected chi connectivity index (χ1v) is 11.7. The summed E-state index contributed by atoms with van der Waals surface area (Å²) in [5.74, 6) is 0.414. The van der Waals surface area contributed by atoms with E-state index < -0.39 is 9.84 Å². The molecule has 2 heterocycles. The largest absolute Gasteiger partial charge is 0.356 e. The van der Waals surface area contributed by atoms with Gasteiger partial charge in [-0.05, 0) is 24.1 Å². The predicted molar refractivity (Wildman–Crippen MR) is 108 cm³/mol. The van der Waals surface area contributed by atoms with Crippen LogP contribution in [0.2, 0.25) is 0 Å². The van der Waals surface area contributed by atoms with Gasteiger partial charge in [0.1, 0.15) is 0 Å². The zero-order valence-corrected chi connectivity index (χ0v) is 16.5. The molecule has 1 aromatic rings. The Hall–Kier alpha value is -1.54. The molecule has 1 saturated heterocycles. The lowest BCUT2D eigenvalue weighted by Crippen LogP contribution is -2.26. The van der Waals surface area contributed by atoms with Gasteiger partial charge in [0.15, 0.2) is 15.0 Å². The van der Waals surface area contributed by atoms with Crippen LogP contribution in [0.5, 0.6) is 0 Å². The van der Waals surface area contributed by atoms with Crippen LogP contribution < -0.4 is 10.6 Å². The molecule has 0 aliphatic carbocycles. The van der Waals surface area contributed by atoms with Crippen molar-refractivity contribution in [3.63, 3.8) is 0 Å². The van der Waals surface area contributed by atoms with Crippen LogP contribution in [-0.2, 0) is 21.1 Å². The third-order valence-electron chi connectivity index (χ3n) is 4.49. The number of fused-ring (bicyclic) bond motifs is 1. The summed E-state index contributed by atoms with van der Waals surface area (Å²) < 4.78 is 23.2. The number of hydrogen-bond donors (Lipinski definition) is 2. The second kappa shape index (κ2) is 8.43. The molecule has 0 saturated carbocycles. The van der Waals surface area contributed by atoms with Crippen LogP contribution >= 0.6 is 11.8 Å². The molecule has 1 fully saturated rings. The fraction of sp³-hybridized carbons (Fsp3) is 0.556. The van der Waals surface area contributed by atoms with Crippen LogP contribution in [-0.4, -0.2) is 48.8 Å². The zero-order chi connectivity index (χ0) is 18.6. The number of benzene rings is 1. The summed E-state index contributed by atoms with van der Waals surface area (Å²) in [5, 5.41) is 7.00. The van der Waals surface area contributed by atoms with E-state index >= 15 is 0 Å². The normalized spacial score (nSPS) is 23.3. The van der Waals surface area contributed by atoms with E-state index in [-0.39, 0.29) is 28.7 Å². The Labute approximate surface area is 159 Å². The number of nitrogens with zero attached hydrogens (tertiary/aromatic N) is 1. The van der Waals surface area contributed by atoms with Crippen LogP contribution in [0.25, 0.3) is 0 Å². The molecule has 1 amide bonds. The van der Waals surface area contributed by atoms with Crippen molar-refractivity contribution in [2.75, 3.05) is 23.4 Å². The number of nitrogens with one attached hydrogen (secondary N) is 2. The lowest BCUT2D eigenvalue weighted by molar-refractivity contribution is -0.120. The average Bonchev–Trinajstić information content (AvgIpc) is 3.06. The van der Waals surface area contributed by atoms with Crippen molar-refractivity contribution in [2.45, 2.75) is 43.9 Å². The first-order chi connectivity index (χ1) is 12.4. The molecule has 3 rings (SSSR count). The third-order valence-corrected chi connectivity index (χ3v) is 7.63. The van der Waals surface area contributed by atoms with E-state index in [1.807, 2.05) is 24.3 Å². The molecule has 0 spiro atoms. The second-order valence-electron chi connectivity index (χ2n) is 6.79. The molecule has 0 aromatic heterocycles. The van der Waals surface area contributed by atoms with Gasteiger partial charge < -0.3 is 10.6 Å². The van der Waals surface area contributed by atoms with Crippen molar-refractivity contribution in [3.05, 3.63) is 29.8 Å². The number of unbranched alkanes of at least 4 members (excludes halogenated alkanes) is 2. The van der Waals surface area contributed by atoms with Crippen molar-refractivity contribution in [1.29, 1.82) is 0 Å². The minimum absolute atomic E-state index is 0.0400. The van der Waals surface area contributed by atoms with E-state index in [4.69, 9.17) is 0 Å². The quantitative estimate of drug-likeness (QED) is 0.691. The molecule has 2 atom stereocenters. The van der Waals surface area contributed by atoms with Gasteiger partial charge in [-0.1, -0.05) is 43.7 Å². The van der Waals surface area contributed by atoms with Crippen molar-refractivity contribution < 1.29 is 13.2 Å². The van der Waals surface area contributed by atoms with E-state index in [1.54, 1.807) is 0 Å². The standard InChI is InChI=1S/C18H25N3O3S2/c1-2-3-4-9-19-17(22)10-13-5-7-14(8-6-13)20-18-21-15-11-26(23,24)12-16(15)25-18/h5-8,15-16H,2-4,9-12H2,1H3,(H,19,22)(H,20,21)/t15-,16+/m1/s1. The van der Waals surface area contributed by atoms with E-state index in [9.17, 15) is 13.2 Å². The average molecular weight is 396 g/mol. The van der Waals surface area contributed by atoms with Gasteiger partial charge in [0.25, 0.3) is 0 Å². The highest BCUT2D eigenvalue weighted by molar-refractivity contribution is 8.15. The van der Waals surface area contributed by atoms with Crippen LogP contribution in [0.3, 0.4) is 0 Å². The Morgan fingerprint density at radius 2 is 2.00 bits per heavy atom. The molecule has 2 N–H and O–H groups in total. The van der Waals surface area contributed by atoms with Crippen molar-refractivity contribution in [3.8, 4) is 0 Å². The summed E-state index contributed by atoms with van der Waals surface area (Å²) >= 11 is 1.50. The number of aliphatic imine (C=N–C) groups is 1. The van der Waals surface area contributed by atoms with Crippen LogP contribution in [0.4, 0.5) is 5.69 Å². The molecule has 0 bridgehead atoms.